The Morgan fingerprint density at radius 2 is 1.38 bits per heavy atom. The number of fused-ring (bicyclic) bond motifs is 1. The van der Waals surface area contributed by atoms with E-state index in [-0.39, 0.29) is 23.2 Å². The van der Waals surface area contributed by atoms with E-state index in [4.69, 9.17) is 9.47 Å². The molecule has 4 aromatic rings. The van der Waals surface area contributed by atoms with Gasteiger partial charge in [0, 0.05) is 11.5 Å². The molecule has 1 atom stereocenters. The van der Waals surface area contributed by atoms with Gasteiger partial charge in [0.15, 0.2) is 23.1 Å². The summed E-state index contributed by atoms with van der Waals surface area (Å²) < 4.78 is 40.9. The average Bonchev–Trinajstić information content (AvgIpc) is 2.88. The molecular weight excluding hydrogens is 430 g/mol. The maximum atomic E-state index is 14.8. The van der Waals surface area contributed by atoms with Gasteiger partial charge in [-0.1, -0.05) is 84.9 Å². The Morgan fingerprint density at radius 1 is 0.706 bits per heavy atom. The zero-order chi connectivity index (χ0) is 23.3. The molecule has 0 aliphatic heterocycles. The van der Waals surface area contributed by atoms with E-state index in [0.717, 1.165) is 27.8 Å². The lowest BCUT2D eigenvalue weighted by Gasteiger charge is -2.22. The van der Waals surface area contributed by atoms with Gasteiger partial charge in [0.25, 0.3) is 0 Å². The summed E-state index contributed by atoms with van der Waals surface area (Å²) in [4.78, 5) is 0. The monoisotopic (exact) mass is 454 g/mol. The standard InChI is InChI=1S/C30H24F2O2/c31-27-15-12-25-17-23(11-14-26(25)30(27)34-20-22-9-5-2-6-10-22)24-13-16-29(28(32)18-24)33-19-21-7-3-1-4-8-21/h1-16,18,23H,17,19-20H2. The van der Waals surface area contributed by atoms with Crippen molar-refractivity contribution in [3.63, 3.8) is 0 Å². The van der Waals surface area contributed by atoms with Gasteiger partial charge in [-0.25, -0.2) is 8.78 Å². The summed E-state index contributed by atoms with van der Waals surface area (Å²) in [6.45, 7) is 0.603. The number of benzene rings is 4. The third kappa shape index (κ3) is 4.86. The van der Waals surface area contributed by atoms with Crippen molar-refractivity contribution < 1.29 is 18.3 Å². The van der Waals surface area contributed by atoms with Gasteiger partial charge in [0.2, 0.25) is 0 Å². The highest BCUT2D eigenvalue weighted by atomic mass is 19.1. The van der Waals surface area contributed by atoms with Crippen LogP contribution < -0.4 is 9.47 Å². The Labute approximate surface area is 198 Å². The van der Waals surface area contributed by atoms with Crippen molar-refractivity contribution in [2.24, 2.45) is 0 Å². The van der Waals surface area contributed by atoms with E-state index in [1.165, 1.54) is 12.1 Å². The first-order valence-electron chi connectivity index (χ1n) is 11.3. The highest BCUT2D eigenvalue weighted by molar-refractivity contribution is 5.65. The van der Waals surface area contributed by atoms with Crippen LogP contribution in [0.4, 0.5) is 8.78 Å². The fourth-order valence-corrected chi connectivity index (χ4v) is 4.20. The second-order valence-electron chi connectivity index (χ2n) is 8.36. The third-order valence-electron chi connectivity index (χ3n) is 6.02. The van der Waals surface area contributed by atoms with Crippen LogP contribution in [0, 0.1) is 11.6 Å². The van der Waals surface area contributed by atoms with Gasteiger partial charge in [0.1, 0.15) is 13.2 Å². The summed E-state index contributed by atoms with van der Waals surface area (Å²) in [5, 5.41) is 0. The lowest BCUT2D eigenvalue weighted by atomic mass is 9.84. The molecule has 5 rings (SSSR count). The molecule has 0 bridgehead atoms. The van der Waals surface area contributed by atoms with Crippen molar-refractivity contribution in [1.29, 1.82) is 0 Å². The van der Waals surface area contributed by atoms with Crippen molar-refractivity contribution >= 4 is 6.08 Å². The molecule has 34 heavy (non-hydrogen) atoms. The first kappa shape index (κ1) is 21.9. The second kappa shape index (κ2) is 9.92. The van der Waals surface area contributed by atoms with Crippen molar-refractivity contribution in [3.8, 4) is 11.5 Å². The van der Waals surface area contributed by atoms with Gasteiger partial charge in [-0.2, -0.15) is 0 Å². The Morgan fingerprint density at radius 3 is 2.06 bits per heavy atom. The zero-order valence-corrected chi connectivity index (χ0v) is 18.6. The smallest absolute Gasteiger partial charge is 0.165 e. The number of hydrogen-bond acceptors (Lipinski definition) is 2. The molecule has 4 aromatic carbocycles. The Kier molecular flexibility index (Phi) is 6.39. The Bertz CT molecular complexity index is 1300. The lowest BCUT2D eigenvalue weighted by Crippen LogP contribution is -2.09. The van der Waals surface area contributed by atoms with Crippen molar-refractivity contribution in [2.45, 2.75) is 25.6 Å². The largest absolute Gasteiger partial charge is 0.486 e. The van der Waals surface area contributed by atoms with Crippen LogP contribution in [0.2, 0.25) is 0 Å². The van der Waals surface area contributed by atoms with E-state index in [2.05, 4.69) is 0 Å². The fraction of sp³-hybridized carbons (Fsp3) is 0.133. The molecule has 0 amide bonds. The van der Waals surface area contributed by atoms with Gasteiger partial charge >= 0.3 is 0 Å². The summed E-state index contributed by atoms with van der Waals surface area (Å²) in [6.07, 6.45) is 4.50. The SMILES string of the molecule is Fc1cc(C2C=Cc3c(ccc(F)c3OCc3ccccc3)C2)ccc1OCc1ccccc1. The first-order valence-corrected chi connectivity index (χ1v) is 11.3. The van der Waals surface area contributed by atoms with Gasteiger partial charge < -0.3 is 9.47 Å². The number of allylic oxidation sites excluding steroid dienone is 1. The molecule has 1 aliphatic carbocycles. The van der Waals surface area contributed by atoms with Gasteiger partial charge in [-0.15, -0.1) is 0 Å². The molecule has 2 nitrogen and oxygen atoms in total. The predicted octanol–water partition coefficient (Wildman–Crippen LogP) is 7.48. The third-order valence-corrected chi connectivity index (χ3v) is 6.02. The zero-order valence-electron chi connectivity index (χ0n) is 18.6. The topological polar surface area (TPSA) is 18.5 Å². The molecule has 4 heteroatoms. The van der Waals surface area contributed by atoms with Gasteiger partial charge in [-0.05, 0) is 46.9 Å². The quantitative estimate of drug-likeness (QED) is 0.288. The van der Waals surface area contributed by atoms with E-state index in [0.29, 0.717) is 19.6 Å². The normalized spacial score (nSPS) is 14.5. The van der Waals surface area contributed by atoms with E-state index >= 15 is 0 Å². The highest BCUT2D eigenvalue weighted by Gasteiger charge is 2.22. The molecule has 0 N–H and O–H groups in total. The molecule has 0 fully saturated rings. The maximum absolute atomic E-state index is 14.8. The van der Waals surface area contributed by atoms with E-state index in [1.54, 1.807) is 12.1 Å². The molecule has 0 aromatic heterocycles. The average molecular weight is 455 g/mol. The Balaban J connectivity index is 1.30. The van der Waals surface area contributed by atoms with Crippen molar-refractivity contribution in [1.82, 2.24) is 0 Å². The summed E-state index contributed by atoms with van der Waals surface area (Å²) in [6, 6.07) is 27.7. The molecule has 1 aliphatic rings. The summed E-state index contributed by atoms with van der Waals surface area (Å²) in [5.74, 6) is -0.307. The van der Waals surface area contributed by atoms with Crippen LogP contribution in [0.25, 0.3) is 6.08 Å². The van der Waals surface area contributed by atoms with Crippen LogP contribution in [-0.4, -0.2) is 0 Å². The molecule has 0 spiro atoms. The van der Waals surface area contributed by atoms with Crippen LogP contribution in [0.5, 0.6) is 11.5 Å². The van der Waals surface area contributed by atoms with Gasteiger partial charge in [-0.3, -0.25) is 0 Å². The van der Waals surface area contributed by atoms with E-state index < -0.39 is 5.82 Å². The number of halogens is 2. The minimum Gasteiger partial charge on any atom is -0.486 e. The number of ether oxygens (including phenoxy) is 2. The maximum Gasteiger partial charge on any atom is 0.165 e. The first-order chi connectivity index (χ1) is 16.7. The number of rotatable bonds is 7. The highest BCUT2D eigenvalue weighted by Crippen LogP contribution is 2.37. The summed E-state index contributed by atoms with van der Waals surface area (Å²) in [5.41, 5.74) is 4.53. The van der Waals surface area contributed by atoms with Crippen molar-refractivity contribution in [2.75, 3.05) is 0 Å². The minimum atomic E-state index is -0.390. The Hall–Kier alpha value is -3.92. The predicted molar refractivity (Wildman–Crippen MR) is 130 cm³/mol. The van der Waals surface area contributed by atoms with Crippen molar-refractivity contribution in [3.05, 3.63) is 137 Å². The molecule has 0 saturated heterocycles. The van der Waals surface area contributed by atoms with Gasteiger partial charge in [0.05, 0.1) is 0 Å². The van der Waals surface area contributed by atoms with Crippen LogP contribution in [0.15, 0.2) is 97.1 Å². The van der Waals surface area contributed by atoms with Crippen LogP contribution in [0.3, 0.4) is 0 Å². The molecular formula is C30H24F2O2. The van der Waals surface area contributed by atoms with E-state index in [9.17, 15) is 8.78 Å². The van der Waals surface area contributed by atoms with Crippen LogP contribution in [-0.2, 0) is 19.6 Å². The summed E-state index contributed by atoms with van der Waals surface area (Å²) in [7, 11) is 0. The molecule has 170 valence electrons. The molecule has 0 saturated carbocycles. The van der Waals surface area contributed by atoms with Crippen LogP contribution in [0.1, 0.15) is 33.7 Å². The van der Waals surface area contributed by atoms with Crippen LogP contribution >= 0.6 is 0 Å². The molecule has 0 heterocycles. The number of hydrogen-bond donors (Lipinski definition) is 0. The second-order valence-corrected chi connectivity index (χ2v) is 8.36. The lowest BCUT2D eigenvalue weighted by molar-refractivity contribution is 0.289. The molecule has 0 radical (unpaired) electrons. The van der Waals surface area contributed by atoms with E-state index in [1.807, 2.05) is 78.9 Å². The fourth-order valence-electron chi connectivity index (χ4n) is 4.20. The molecule has 1 unspecified atom stereocenters. The minimum absolute atomic E-state index is 0.0161. The summed E-state index contributed by atoms with van der Waals surface area (Å²) >= 11 is 0.